The Morgan fingerprint density at radius 3 is 2.36 bits per heavy atom. The number of aromatic nitrogens is 2. The molecular weight excluding hydrogens is 526 g/mol. The second-order valence-electron chi connectivity index (χ2n) is 10.4. The number of aliphatic hydroxyl groups excluding tert-OH is 6. The molecule has 3 rings (SSSR count). The molecule has 0 radical (unpaired) electrons. The van der Waals surface area contributed by atoms with Gasteiger partial charge in [-0.15, -0.1) is 16.9 Å². The Morgan fingerprint density at radius 1 is 1.13 bits per heavy atom. The number of aliphatic hydroxyl groups is 6. The summed E-state index contributed by atoms with van der Waals surface area (Å²) >= 11 is 1.29. The first kappa shape index (κ1) is 31.3. The summed E-state index contributed by atoms with van der Waals surface area (Å²) in [6.07, 6.45) is 0.218. The fourth-order valence-electron chi connectivity index (χ4n) is 4.48. The predicted octanol–water partition coefficient (Wildman–Crippen LogP) is 0.203. The maximum Gasteiger partial charge on any atom is 0.237 e. The number of nitrogens with one attached hydrogen (secondary N) is 2. The number of aryl methyl sites for hydroxylation is 1. The first-order chi connectivity index (χ1) is 18.6. The van der Waals surface area contributed by atoms with Crippen LogP contribution in [0.4, 0.5) is 0 Å². The average Bonchev–Trinajstić information content (AvgIpc) is 3.32. The van der Waals surface area contributed by atoms with E-state index in [0.717, 1.165) is 22.4 Å². The lowest BCUT2D eigenvalue weighted by atomic mass is 9.98. The third kappa shape index (κ3) is 8.16. The van der Waals surface area contributed by atoms with E-state index in [-0.39, 0.29) is 31.3 Å². The Balaban J connectivity index is 1.61. The summed E-state index contributed by atoms with van der Waals surface area (Å²) in [6, 6.07) is 8.04. The summed E-state index contributed by atoms with van der Waals surface area (Å²) in [4.78, 5) is 12.2. The molecule has 1 aliphatic rings. The first-order valence-electron chi connectivity index (χ1n) is 13.2. The number of carbonyl (C=O) groups is 1. The van der Waals surface area contributed by atoms with Crippen molar-refractivity contribution in [2.75, 3.05) is 26.4 Å². The zero-order valence-electron chi connectivity index (χ0n) is 22.4. The lowest BCUT2D eigenvalue weighted by molar-refractivity contribution is -0.125. The molecule has 12 heteroatoms. The van der Waals surface area contributed by atoms with E-state index >= 15 is 0 Å². The minimum Gasteiger partial charge on any atom is -0.462 e. The number of ether oxygens (including phenoxy) is 1. The number of hydrogen-bond donors (Lipinski definition) is 8. The van der Waals surface area contributed by atoms with Gasteiger partial charge in [0.05, 0.1) is 43.9 Å². The highest BCUT2D eigenvalue weighted by Crippen LogP contribution is 2.36. The molecule has 0 spiro atoms. The fraction of sp³-hybridized carbons (Fsp3) is 0.630. The fourth-order valence-corrected chi connectivity index (χ4v) is 5.76. The van der Waals surface area contributed by atoms with Gasteiger partial charge in [-0.2, -0.15) is 0 Å². The third-order valence-electron chi connectivity index (χ3n) is 6.98. The van der Waals surface area contributed by atoms with Gasteiger partial charge in [-0.25, -0.2) is 0 Å². The Morgan fingerprint density at radius 2 is 1.77 bits per heavy atom. The zero-order chi connectivity index (χ0) is 28.6. The number of amides is 1. The van der Waals surface area contributed by atoms with Gasteiger partial charge >= 0.3 is 0 Å². The van der Waals surface area contributed by atoms with Gasteiger partial charge < -0.3 is 40.7 Å². The van der Waals surface area contributed by atoms with Gasteiger partial charge in [0, 0.05) is 30.5 Å². The molecule has 218 valence electrons. The van der Waals surface area contributed by atoms with E-state index in [1.165, 1.54) is 11.8 Å². The Kier molecular flexibility index (Phi) is 11.6. The van der Waals surface area contributed by atoms with E-state index in [9.17, 15) is 35.4 Å². The van der Waals surface area contributed by atoms with E-state index in [2.05, 4.69) is 29.4 Å². The average molecular weight is 568 g/mol. The number of H-pyrrole nitrogens is 1. The van der Waals surface area contributed by atoms with Gasteiger partial charge in [-0.3, -0.25) is 9.89 Å². The van der Waals surface area contributed by atoms with Gasteiger partial charge in [0.1, 0.15) is 11.0 Å². The Bertz CT molecular complexity index is 1040. The number of rotatable bonds is 14. The van der Waals surface area contributed by atoms with Crippen molar-refractivity contribution >= 4 is 17.7 Å². The molecule has 2 aromatic rings. The molecule has 1 aliphatic heterocycles. The molecule has 0 aliphatic carbocycles. The summed E-state index contributed by atoms with van der Waals surface area (Å²) in [5.74, 6) is 0.269. The van der Waals surface area contributed by atoms with Crippen molar-refractivity contribution < 1.29 is 40.2 Å². The molecule has 1 aromatic carbocycles. The second kappa shape index (κ2) is 14.4. The van der Waals surface area contributed by atoms with E-state index < -0.39 is 48.3 Å². The van der Waals surface area contributed by atoms with Gasteiger partial charge in [-0.05, 0) is 29.9 Å². The van der Waals surface area contributed by atoms with Crippen LogP contribution in [0.3, 0.4) is 0 Å². The van der Waals surface area contributed by atoms with Gasteiger partial charge in [0.25, 0.3) is 0 Å². The van der Waals surface area contributed by atoms with Crippen LogP contribution in [-0.4, -0.2) is 102 Å². The van der Waals surface area contributed by atoms with E-state index in [4.69, 9.17) is 4.74 Å². The van der Waals surface area contributed by atoms with Crippen LogP contribution in [0.1, 0.15) is 61.4 Å². The van der Waals surface area contributed by atoms with Crippen LogP contribution in [0.2, 0.25) is 0 Å². The van der Waals surface area contributed by atoms with Gasteiger partial charge in [0.2, 0.25) is 11.8 Å². The highest BCUT2D eigenvalue weighted by atomic mass is 32.2. The minimum atomic E-state index is -1.42. The molecule has 39 heavy (non-hydrogen) atoms. The van der Waals surface area contributed by atoms with Crippen molar-refractivity contribution in [3.8, 4) is 5.88 Å². The highest BCUT2D eigenvalue weighted by Gasteiger charge is 2.38. The first-order valence-corrected chi connectivity index (χ1v) is 14.2. The van der Waals surface area contributed by atoms with E-state index in [1.807, 2.05) is 24.3 Å². The van der Waals surface area contributed by atoms with Crippen molar-refractivity contribution in [2.24, 2.45) is 0 Å². The lowest BCUT2D eigenvalue weighted by Crippen LogP contribution is -2.57. The van der Waals surface area contributed by atoms with Crippen molar-refractivity contribution in [1.82, 2.24) is 15.5 Å². The van der Waals surface area contributed by atoms with Crippen LogP contribution in [0.25, 0.3) is 0 Å². The largest absolute Gasteiger partial charge is 0.462 e. The second-order valence-corrected chi connectivity index (χ2v) is 11.8. The number of benzene rings is 1. The molecule has 2 heterocycles. The minimum absolute atomic E-state index is 0.174. The summed E-state index contributed by atoms with van der Waals surface area (Å²) in [6.45, 7) is 2.19. The van der Waals surface area contributed by atoms with Crippen molar-refractivity contribution in [2.45, 2.75) is 80.3 Å². The molecule has 0 saturated carbocycles. The standard InChI is InChI=1S/C27H41N3O8S/c1-16(2)24-19(26(30-29-24)38-23-11-20(35)25(37)21(12-31)39-23)10-18-8-6-17(7-9-18)4-3-5-22(36)28-27(13-32,14-33)15-34/h6-9,16,20-21,23,25,31-35,37H,3-5,10-15H2,1-2H3,(H,28,36)(H,29,30)/t20-,21?,23-,25+/m1/s1. The van der Waals surface area contributed by atoms with Crippen molar-refractivity contribution in [3.63, 3.8) is 0 Å². The van der Waals surface area contributed by atoms with E-state index in [1.54, 1.807) is 0 Å². The predicted molar refractivity (Wildman–Crippen MR) is 147 cm³/mol. The number of carbonyl (C=O) groups excluding carboxylic acids is 1. The molecule has 4 atom stereocenters. The van der Waals surface area contributed by atoms with Crippen molar-refractivity contribution in [1.29, 1.82) is 0 Å². The number of thioether (sulfide) groups is 1. The number of hydrogen-bond acceptors (Lipinski definition) is 10. The maximum absolute atomic E-state index is 12.2. The van der Waals surface area contributed by atoms with Crippen molar-refractivity contribution in [3.05, 3.63) is 46.6 Å². The Labute approximate surface area is 232 Å². The van der Waals surface area contributed by atoms with E-state index in [0.29, 0.717) is 25.1 Å². The molecule has 11 nitrogen and oxygen atoms in total. The lowest BCUT2D eigenvalue weighted by Gasteiger charge is -2.35. The monoisotopic (exact) mass is 567 g/mol. The number of aromatic amines is 1. The van der Waals surface area contributed by atoms with Gasteiger partial charge in [-0.1, -0.05) is 38.1 Å². The maximum atomic E-state index is 12.2. The Hall–Kier alpha value is -2.19. The summed E-state index contributed by atoms with van der Waals surface area (Å²) in [5, 5.41) is 67.3. The van der Waals surface area contributed by atoms with Gasteiger partial charge in [0.15, 0.2) is 0 Å². The third-order valence-corrected chi connectivity index (χ3v) is 8.35. The van der Waals surface area contributed by atoms with Crippen LogP contribution < -0.4 is 10.1 Å². The molecule has 0 bridgehead atoms. The summed E-state index contributed by atoms with van der Waals surface area (Å²) < 4.78 is 6.15. The highest BCUT2D eigenvalue weighted by molar-refractivity contribution is 8.00. The molecule has 1 amide bonds. The van der Waals surface area contributed by atoms with Crippen LogP contribution in [-0.2, 0) is 17.6 Å². The molecular formula is C27H41N3O8S. The SMILES string of the molecule is CC(C)c1[nH]nc(O[C@H]2C[C@@H](O)[C@H](O)C(CO)S2)c1Cc1ccc(CCCC(=O)NC(CO)(CO)CO)cc1. The van der Waals surface area contributed by atoms with Crippen LogP contribution in [0.15, 0.2) is 24.3 Å². The molecule has 8 N–H and O–H groups in total. The summed E-state index contributed by atoms with van der Waals surface area (Å²) in [7, 11) is 0. The summed E-state index contributed by atoms with van der Waals surface area (Å²) in [5.41, 5.74) is 2.09. The van der Waals surface area contributed by atoms with Crippen LogP contribution >= 0.6 is 11.8 Å². The molecule has 1 aromatic heterocycles. The molecule has 1 fully saturated rings. The topological polar surface area (TPSA) is 188 Å². The molecule has 1 saturated heterocycles. The van der Waals surface area contributed by atoms with Crippen LogP contribution in [0, 0.1) is 0 Å². The smallest absolute Gasteiger partial charge is 0.237 e. The number of nitrogens with zero attached hydrogens (tertiary/aromatic N) is 1. The quantitative estimate of drug-likeness (QED) is 0.157. The molecule has 1 unspecified atom stereocenters. The zero-order valence-corrected chi connectivity index (χ0v) is 23.2. The van der Waals surface area contributed by atoms with Crippen LogP contribution in [0.5, 0.6) is 5.88 Å². The normalized spacial score (nSPS) is 21.8.